The Bertz CT molecular complexity index is 401. The summed E-state index contributed by atoms with van der Waals surface area (Å²) in [5.41, 5.74) is 0.361. The Morgan fingerprint density at radius 1 is 1.26 bits per heavy atom. The van der Waals surface area contributed by atoms with Gasteiger partial charge in [0.2, 0.25) is 0 Å². The monoisotopic (exact) mass is 266 g/mol. The van der Waals surface area contributed by atoms with Gasteiger partial charge in [0, 0.05) is 25.2 Å². The van der Waals surface area contributed by atoms with Crippen LogP contribution in [0.2, 0.25) is 0 Å². The molecule has 2 N–H and O–H groups in total. The minimum absolute atomic E-state index is 0.555. The van der Waals surface area contributed by atoms with Gasteiger partial charge in [0.25, 0.3) is 0 Å². The minimum Gasteiger partial charge on any atom is -0.389 e. The standard InChI is InChI=1S/C14H26N4O/c1-6-11-12(15-7-2)16-10-17-13(11)18(8-3)9-14(4,5)19/h10,19H,6-9H2,1-5H3,(H,15,16,17). The molecule has 108 valence electrons. The normalized spacial score (nSPS) is 11.5. The summed E-state index contributed by atoms with van der Waals surface area (Å²) in [6.45, 7) is 12.0. The number of likely N-dealkylation sites (N-methyl/N-ethyl adjacent to an activating group) is 1. The molecular formula is C14H26N4O. The van der Waals surface area contributed by atoms with Crippen molar-refractivity contribution < 1.29 is 5.11 Å². The van der Waals surface area contributed by atoms with Crippen LogP contribution in [-0.2, 0) is 6.42 Å². The smallest absolute Gasteiger partial charge is 0.137 e. The van der Waals surface area contributed by atoms with Crippen LogP contribution in [0, 0.1) is 0 Å². The second-order valence-electron chi connectivity index (χ2n) is 5.23. The fourth-order valence-electron chi connectivity index (χ4n) is 2.12. The second kappa shape index (κ2) is 6.70. The van der Waals surface area contributed by atoms with Crippen LogP contribution in [0.1, 0.15) is 40.2 Å². The zero-order valence-corrected chi connectivity index (χ0v) is 12.7. The van der Waals surface area contributed by atoms with E-state index in [9.17, 15) is 5.11 Å². The molecule has 0 saturated carbocycles. The predicted molar refractivity (Wildman–Crippen MR) is 79.8 cm³/mol. The summed E-state index contributed by atoms with van der Waals surface area (Å²) < 4.78 is 0. The number of aromatic nitrogens is 2. The molecule has 5 heteroatoms. The molecular weight excluding hydrogens is 240 g/mol. The van der Waals surface area contributed by atoms with E-state index in [-0.39, 0.29) is 0 Å². The molecule has 0 fully saturated rings. The number of aliphatic hydroxyl groups is 1. The first-order chi connectivity index (χ1) is 8.92. The van der Waals surface area contributed by atoms with E-state index in [0.717, 1.165) is 36.7 Å². The molecule has 0 unspecified atom stereocenters. The van der Waals surface area contributed by atoms with Crippen molar-refractivity contribution in [3.63, 3.8) is 0 Å². The van der Waals surface area contributed by atoms with Gasteiger partial charge < -0.3 is 15.3 Å². The van der Waals surface area contributed by atoms with Gasteiger partial charge >= 0.3 is 0 Å². The molecule has 0 amide bonds. The maximum absolute atomic E-state index is 10.0. The average Bonchev–Trinajstić information content (AvgIpc) is 2.35. The number of hydrogen-bond donors (Lipinski definition) is 2. The maximum Gasteiger partial charge on any atom is 0.137 e. The third-order valence-electron chi connectivity index (χ3n) is 2.88. The van der Waals surface area contributed by atoms with E-state index >= 15 is 0 Å². The van der Waals surface area contributed by atoms with Crippen molar-refractivity contribution >= 4 is 11.6 Å². The molecule has 0 spiro atoms. The van der Waals surface area contributed by atoms with E-state index in [4.69, 9.17) is 0 Å². The van der Waals surface area contributed by atoms with Crippen molar-refractivity contribution in [3.8, 4) is 0 Å². The number of anilines is 2. The lowest BCUT2D eigenvalue weighted by molar-refractivity contribution is 0.0874. The van der Waals surface area contributed by atoms with Crippen molar-refractivity contribution in [2.45, 2.75) is 46.6 Å². The van der Waals surface area contributed by atoms with Crippen molar-refractivity contribution in [2.75, 3.05) is 29.9 Å². The van der Waals surface area contributed by atoms with Crippen LogP contribution in [-0.4, -0.2) is 40.3 Å². The first kappa shape index (κ1) is 15.7. The Balaban J connectivity index is 3.12. The zero-order valence-electron chi connectivity index (χ0n) is 12.7. The molecule has 0 atom stereocenters. The lowest BCUT2D eigenvalue weighted by Gasteiger charge is -2.30. The van der Waals surface area contributed by atoms with E-state index < -0.39 is 5.60 Å². The van der Waals surface area contributed by atoms with Crippen LogP contribution in [0.25, 0.3) is 0 Å². The highest BCUT2D eigenvalue weighted by Crippen LogP contribution is 2.25. The Labute approximate surface area is 116 Å². The van der Waals surface area contributed by atoms with Gasteiger partial charge in [0.05, 0.1) is 5.60 Å². The molecule has 1 aromatic rings. The zero-order chi connectivity index (χ0) is 14.5. The van der Waals surface area contributed by atoms with E-state index in [1.54, 1.807) is 6.33 Å². The van der Waals surface area contributed by atoms with Gasteiger partial charge in [0.1, 0.15) is 18.0 Å². The van der Waals surface area contributed by atoms with Gasteiger partial charge in [-0.15, -0.1) is 0 Å². The number of nitrogens with zero attached hydrogens (tertiary/aromatic N) is 3. The number of rotatable bonds is 7. The maximum atomic E-state index is 10.0. The molecule has 0 aliphatic heterocycles. The fourth-order valence-corrected chi connectivity index (χ4v) is 2.12. The average molecular weight is 266 g/mol. The third kappa shape index (κ3) is 4.35. The van der Waals surface area contributed by atoms with E-state index in [0.29, 0.717) is 6.54 Å². The van der Waals surface area contributed by atoms with E-state index in [1.807, 2.05) is 13.8 Å². The molecule has 1 rings (SSSR count). The molecule has 0 radical (unpaired) electrons. The summed E-state index contributed by atoms with van der Waals surface area (Å²) in [7, 11) is 0. The Hall–Kier alpha value is -1.36. The summed E-state index contributed by atoms with van der Waals surface area (Å²) in [6.07, 6.45) is 2.44. The van der Waals surface area contributed by atoms with Crippen LogP contribution in [0.15, 0.2) is 6.33 Å². The Kier molecular flexibility index (Phi) is 5.54. The van der Waals surface area contributed by atoms with Crippen LogP contribution in [0.5, 0.6) is 0 Å². The van der Waals surface area contributed by atoms with Crippen molar-refractivity contribution in [3.05, 3.63) is 11.9 Å². The molecule has 0 aromatic carbocycles. The topological polar surface area (TPSA) is 61.3 Å². The predicted octanol–water partition coefficient (Wildman–Crippen LogP) is 2.07. The summed E-state index contributed by atoms with van der Waals surface area (Å²) in [5, 5.41) is 13.3. The summed E-state index contributed by atoms with van der Waals surface area (Å²) in [5.74, 6) is 1.81. The van der Waals surface area contributed by atoms with Crippen LogP contribution >= 0.6 is 0 Å². The summed E-state index contributed by atoms with van der Waals surface area (Å²) in [6, 6.07) is 0. The highest BCUT2D eigenvalue weighted by atomic mass is 16.3. The summed E-state index contributed by atoms with van der Waals surface area (Å²) in [4.78, 5) is 10.8. The second-order valence-corrected chi connectivity index (χ2v) is 5.23. The first-order valence-electron chi connectivity index (χ1n) is 6.98. The van der Waals surface area contributed by atoms with Gasteiger partial charge in [-0.3, -0.25) is 0 Å². The lowest BCUT2D eigenvalue weighted by Crippen LogP contribution is -2.39. The molecule has 1 aromatic heterocycles. The van der Waals surface area contributed by atoms with E-state index in [1.165, 1.54) is 0 Å². The van der Waals surface area contributed by atoms with E-state index in [2.05, 4.69) is 41.0 Å². The number of hydrogen-bond acceptors (Lipinski definition) is 5. The van der Waals surface area contributed by atoms with Crippen molar-refractivity contribution in [2.24, 2.45) is 0 Å². The van der Waals surface area contributed by atoms with Crippen molar-refractivity contribution in [1.29, 1.82) is 0 Å². The molecule has 0 saturated heterocycles. The molecule has 0 bridgehead atoms. The summed E-state index contributed by atoms with van der Waals surface area (Å²) >= 11 is 0. The molecule has 19 heavy (non-hydrogen) atoms. The van der Waals surface area contributed by atoms with Crippen LogP contribution in [0.3, 0.4) is 0 Å². The molecule has 0 aliphatic carbocycles. The van der Waals surface area contributed by atoms with Crippen LogP contribution in [0.4, 0.5) is 11.6 Å². The highest BCUT2D eigenvalue weighted by molar-refractivity contribution is 5.58. The first-order valence-corrected chi connectivity index (χ1v) is 6.98. The molecule has 0 aliphatic rings. The minimum atomic E-state index is -0.746. The lowest BCUT2D eigenvalue weighted by atomic mass is 10.1. The van der Waals surface area contributed by atoms with Crippen LogP contribution < -0.4 is 10.2 Å². The van der Waals surface area contributed by atoms with Gasteiger partial charge in [0.15, 0.2) is 0 Å². The van der Waals surface area contributed by atoms with Gasteiger partial charge in [-0.25, -0.2) is 9.97 Å². The Morgan fingerprint density at radius 2 is 1.95 bits per heavy atom. The number of nitrogens with one attached hydrogen (secondary N) is 1. The fraction of sp³-hybridized carbons (Fsp3) is 0.714. The SMILES string of the molecule is CCNc1ncnc(N(CC)CC(C)(C)O)c1CC. The highest BCUT2D eigenvalue weighted by Gasteiger charge is 2.21. The molecule has 5 nitrogen and oxygen atoms in total. The Morgan fingerprint density at radius 3 is 2.42 bits per heavy atom. The van der Waals surface area contributed by atoms with Gasteiger partial charge in [-0.1, -0.05) is 6.92 Å². The van der Waals surface area contributed by atoms with Gasteiger partial charge in [-0.2, -0.15) is 0 Å². The quantitative estimate of drug-likeness (QED) is 0.791. The van der Waals surface area contributed by atoms with Gasteiger partial charge in [-0.05, 0) is 34.1 Å². The molecule has 1 heterocycles. The third-order valence-corrected chi connectivity index (χ3v) is 2.88. The van der Waals surface area contributed by atoms with Crippen molar-refractivity contribution in [1.82, 2.24) is 9.97 Å². The largest absolute Gasteiger partial charge is 0.389 e.